The van der Waals surface area contributed by atoms with E-state index in [-0.39, 0.29) is 0 Å². The predicted octanol–water partition coefficient (Wildman–Crippen LogP) is 3.46. The van der Waals surface area contributed by atoms with Crippen molar-refractivity contribution in [2.45, 2.75) is 6.92 Å². The Labute approximate surface area is 111 Å². The molecular weight excluding hydrogens is 250 g/mol. The molecule has 0 unspecified atom stereocenters. The summed E-state index contributed by atoms with van der Waals surface area (Å²) >= 11 is 6.06. The van der Waals surface area contributed by atoms with Gasteiger partial charge in [-0.1, -0.05) is 23.7 Å². The van der Waals surface area contributed by atoms with Crippen molar-refractivity contribution in [3.8, 4) is 5.88 Å². The van der Waals surface area contributed by atoms with Crippen LogP contribution in [0.2, 0.25) is 5.02 Å². The van der Waals surface area contributed by atoms with E-state index in [1.807, 2.05) is 31.2 Å². The molecule has 0 saturated heterocycles. The quantitative estimate of drug-likeness (QED) is 0.887. The molecule has 4 nitrogen and oxygen atoms in total. The number of nitrogens with two attached hydrogens (primary N) is 1. The minimum absolute atomic E-state index is 0.426. The smallest absolute Gasteiger partial charge is 0.239 e. The molecule has 0 aliphatic heterocycles. The number of para-hydroxylation sites is 1. The molecule has 3 N–H and O–H groups in total. The van der Waals surface area contributed by atoms with Gasteiger partial charge in [0, 0.05) is 0 Å². The van der Waals surface area contributed by atoms with Crippen LogP contribution in [0.4, 0.5) is 17.2 Å². The second-order valence-electron chi connectivity index (χ2n) is 3.63. The summed E-state index contributed by atoms with van der Waals surface area (Å²) in [5.74, 6) is 1.07. The molecule has 0 amide bonds. The highest BCUT2D eigenvalue weighted by atomic mass is 35.5. The highest BCUT2D eigenvalue weighted by Gasteiger charge is 2.05. The van der Waals surface area contributed by atoms with Gasteiger partial charge in [0.15, 0.2) is 0 Å². The van der Waals surface area contributed by atoms with Crippen LogP contribution in [0.25, 0.3) is 0 Å². The van der Waals surface area contributed by atoms with Gasteiger partial charge in [-0.2, -0.15) is 4.98 Å². The Hall–Kier alpha value is -1.94. The van der Waals surface area contributed by atoms with E-state index in [9.17, 15) is 0 Å². The molecule has 0 aliphatic carbocycles. The van der Waals surface area contributed by atoms with Gasteiger partial charge in [-0.25, -0.2) is 0 Å². The average molecular weight is 264 g/mol. The zero-order chi connectivity index (χ0) is 13.0. The number of benzene rings is 1. The molecule has 5 heteroatoms. The Balaban J connectivity index is 2.24. The highest BCUT2D eigenvalue weighted by molar-refractivity contribution is 6.33. The lowest BCUT2D eigenvalue weighted by atomic mass is 10.3. The maximum atomic E-state index is 6.06. The number of halogens is 1. The van der Waals surface area contributed by atoms with Gasteiger partial charge in [-0.3, -0.25) is 0 Å². The first-order chi connectivity index (χ1) is 8.70. The summed E-state index contributed by atoms with van der Waals surface area (Å²) in [5.41, 5.74) is 7.06. The van der Waals surface area contributed by atoms with Crippen LogP contribution in [0.1, 0.15) is 6.92 Å². The van der Waals surface area contributed by atoms with Crippen LogP contribution in [-0.2, 0) is 0 Å². The number of hydrogen-bond donors (Lipinski definition) is 2. The minimum Gasteiger partial charge on any atom is -0.476 e. The van der Waals surface area contributed by atoms with Crippen LogP contribution in [0.3, 0.4) is 0 Å². The van der Waals surface area contributed by atoms with Gasteiger partial charge in [0.05, 0.1) is 23.0 Å². The summed E-state index contributed by atoms with van der Waals surface area (Å²) in [5, 5.41) is 3.75. The molecule has 0 bridgehead atoms. The maximum Gasteiger partial charge on any atom is 0.239 e. The molecule has 0 saturated carbocycles. The third-order valence-corrected chi connectivity index (χ3v) is 2.64. The lowest BCUT2D eigenvalue weighted by Gasteiger charge is -2.10. The molecule has 1 aromatic heterocycles. The molecular formula is C13H14ClN3O. The Morgan fingerprint density at radius 2 is 2.06 bits per heavy atom. The topological polar surface area (TPSA) is 60.2 Å². The number of nitrogens with zero attached hydrogens (tertiary/aromatic N) is 1. The van der Waals surface area contributed by atoms with Crippen LogP contribution in [-0.4, -0.2) is 11.6 Å². The third kappa shape index (κ3) is 2.84. The number of pyridine rings is 1. The maximum absolute atomic E-state index is 6.06. The van der Waals surface area contributed by atoms with Gasteiger partial charge in [0.2, 0.25) is 5.88 Å². The predicted molar refractivity (Wildman–Crippen MR) is 74.6 cm³/mol. The van der Waals surface area contributed by atoms with Crippen molar-refractivity contribution >= 4 is 28.8 Å². The number of ether oxygens (including phenoxy) is 1. The molecule has 0 aliphatic rings. The number of hydrogen-bond acceptors (Lipinski definition) is 4. The highest BCUT2D eigenvalue weighted by Crippen LogP contribution is 2.26. The van der Waals surface area contributed by atoms with Crippen molar-refractivity contribution < 1.29 is 4.74 Å². The largest absolute Gasteiger partial charge is 0.476 e. The molecule has 1 heterocycles. The van der Waals surface area contributed by atoms with Crippen LogP contribution in [0.5, 0.6) is 5.88 Å². The van der Waals surface area contributed by atoms with Crippen LogP contribution < -0.4 is 15.8 Å². The number of aromatic nitrogens is 1. The fourth-order valence-corrected chi connectivity index (χ4v) is 1.66. The number of rotatable bonds is 4. The van der Waals surface area contributed by atoms with Crippen molar-refractivity contribution in [1.29, 1.82) is 0 Å². The first kappa shape index (κ1) is 12.5. The van der Waals surface area contributed by atoms with Crippen molar-refractivity contribution in [3.63, 3.8) is 0 Å². The Morgan fingerprint density at radius 1 is 1.28 bits per heavy atom. The second-order valence-corrected chi connectivity index (χ2v) is 4.04. The van der Waals surface area contributed by atoms with Crippen LogP contribution in [0.15, 0.2) is 36.4 Å². The molecule has 0 atom stereocenters. The summed E-state index contributed by atoms with van der Waals surface area (Å²) in [6.45, 7) is 2.40. The standard InChI is InChI=1S/C13H14ClN3O/c1-2-18-13-10(15)7-8-12(17-13)16-11-6-4-3-5-9(11)14/h3-8H,2,15H2,1H3,(H,16,17). The van der Waals surface area contributed by atoms with E-state index in [2.05, 4.69) is 10.3 Å². The molecule has 2 aromatic rings. The third-order valence-electron chi connectivity index (χ3n) is 2.31. The van der Waals surface area contributed by atoms with Crippen LogP contribution >= 0.6 is 11.6 Å². The van der Waals surface area contributed by atoms with E-state index in [4.69, 9.17) is 22.1 Å². The van der Waals surface area contributed by atoms with E-state index in [1.54, 1.807) is 12.1 Å². The summed E-state index contributed by atoms with van der Waals surface area (Å²) < 4.78 is 5.34. The number of nitrogens with one attached hydrogen (secondary N) is 1. The fourth-order valence-electron chi connectivity index (χ4n) is 1.47. The van der Waals surface area contributed by atoms with Crippen LogP contribution in [0, 0.1) is 0 Å². The van der Waals surface area contributed by atoms with Crippen molar-refractivity contribution in [3.05, 3.63) is 41.4 Å². The first-order valence-electron chi connectivity index (χ1n) is 5.61. The molecule has 0 fully saturated rings. The number of nitrogen functional groups attached to an aromatic ring is 1. The van der Waals surface area contributed by atoms with Gasteiger partial charge in [0.25, 0.3) is 0 Å². The van der Waals surface area contributed by atoms with Crippen molar-refractivity contribution in [2.75, 3.05) is 17.7 Å². The Morgan fingerprint density at radius 3 is 2.78 bits per heavy atom. The second kappa shape index (κ2) is 5.60. The van der Waals surface area contributed by atoms with Gasteiger partial charge < -0.3 is 15.8 Å². The van der Waals surface area contributed by atoms with E-state index in [0.29, 0.717) is 29.0 Å². The van der Waals surface area contributed by atoms with Gasteiger partial charge in [-0.05, 0) is 31.2 Å². The SMILES string of the molecule is CCOc1nc(Nc2ccccc2Cl)ccc1N. The van der Waals surface area contributed by atoms with E-state index >= 15 is 0 Å². The molecule has 18 heavy (non-hydrogen) atoms. The Bertz CT molecular complexity index is 546. The lowest BCUT2D eigenvalue weighted by Crippen LogP contribution is -2.02. The fraction of sp³-hybridized carbons (Fsp3) is 0.154. The first-order valence-corrected chi connectivity index (χ1v) is 5.99. The zero-order valence-corrected chi connectivity index (χ0v) is 10.7. The summed E-state index contributed by atoms with van der Waals surface area (Å²) in [4.78, 5) is 4.28. The zero-order valence-electron chi connectivity index (χ0n) is 9.98. The average Bonchev–Trinajstić information content (AvgIpc) is 2.36. The molecule has 1 aromatic carbocycles. The Kier molecular flexibility index (Phi) is 3.89. The lowest BCUT2D eigenvalue weighted by molar-refractivity contribution is 0.329. The normalized spacial score (nSPS) is 10.1. The van der Waals surface area contributed by atoms with Crippen molar-refractivity contribution in [1.82, 2.24) is 4.98 Å². The van der Waals surface area contributed by atoms with Gasteiger partial charge >= 0.3 is 0 Å². The summed E-state index contributed by atoms with van der Waals surface area (Å²) in [6.07, 6.45) is 0. The van der Waals surface area contributed by atoms with E-state index < -0.39 is 0 Å². The van der Waals surface area contributed by atoms with Gasteiger partial charge in [-0.15, -0.1) is 0 Å². The molecule has 94 valence electrons. The van der Waals surface area contributed by atoms with E-state index in [1.165, 1.54) is 0 Å². The molecule has 2 rings (SSSR count). The summed E-state index contributed by atoms with van der Waals surface area (Å²) in [7, 11) is 0. The molecule has 0 spiro atoms. The van der Waals surface area contributed by atoms with E-state index in [0.717, 1.165) is 5.69 Å². The van der Waals surface area contributed by atoms with Crippen molar-refractivity contribution in [2.24, 2.45) is 0 Å². The monoisotopic (exact) mass is 263 g/mol. The molecule has 0 radical (unpaired) electrons. The minimum atomic E-state index is 0.426. The number of anilines is 3. The summed E-state index contributed by atoms with van der Waals surface area (Å²) in [6, 6.07) is 11.0. The van der Waals surface area contributed by atoms with Gasteiger partial charge in [0.1, 0.15) is 5.82 Å².